The van der Waals surface area contributed by atoms with Gasteiger partial charge in [0.2, 0.25) is 5.91 Å². The van der Waals surface area contributed by atoms with Crippen molar-refractivity contribution >= 4 is 23.1 Å². The van der Waals surface area contributed by atoms with Crippen molar-refractivity contribution in [3.8, 4) is 0 Å². The minimum absolute atomic E-state index is 0.129. The summed E-state index contributed by atoms with van der Waals surface area (Å²) in [7, 11) is 1.68. The van der Waals surface area contributed by atoms with Gasteiger partial charge in [-0.1, -0.05) is 24.4 Å². The molecule has 0 aromatic carbocycles. The van der Waals surface area contributed by atoms with Crippen LogP contribution in [0.25, 0.3) is 0 Å². The lowest BCUT2D eigenvalue weighted by atomic mass is 10.0. The molecule has 1 unspecified atom stereocenters. The summed E-state index contributed by atoms with van der Waals surface area (Å²) in [6, 6.07) is 5.32. The van der Waals surface area contributed by atoms with Crippen LogP contribution < -0.4 is 5.73 Å². The fourth-order valence-corrected chi connectivity index (χ4v) is 1.67. The number of pyridine rings is 1. The molecule has 4 nitrogen and oxygen atoms in total. The fourth-order valence-electron chi connectivity index (χ4n) is 1.44. The molecule has 5 heteroatoms. The minimum atomic E-state index is -0.670. The van der Waals surface area contributed by atoms with E-state index < -0.39 is 5.92 Å². The summed E-state index contributed by atoms with van der Waals surface area (Å²) < 4.78 is 0. The highest BCUT2D eigenvalue weighted by Crippen LogP contribution is 2.16. The van der Waals surface area contributed by atoms with E-state index in [0.29, 0.717) is 12.2 Å². The number of likely N-dealkylation sites (N-methyl/N-ethyl adjacent to an activating group) is 1. The molecule has 0 aliphatic carbocycles. The maximum absolute atomic E-state index is 12.1. The minimum Gasteiger partial charge on any atom is -0.392 e. The van der Waals surface area contributed by atoms with E-state index in [0.717, 1.165) is 0 Å². The van der Waals surface area contributed by atoms with Crippen LogP contribution in [0.5, 0.6) is 0 Å². The van der Waals surface area contributed by atoms with E-state index in [2.05, 4.69) is 11.6 Å². The van der Waals surface area contributed by atoms with Gasteiger partial charge >= 0.3 is 0 Å². The molecule has 1 atom stereocenters. The largest absolute Gasteiger partial charge is 0.392 e. The van der Waals surface area contributed by atoms with Crippen LogP contribution in [0.2, 0.25) is 0 Å². The highest BCUT2D eigenvalue weighted by Gasteiger charge is 2.27. The first-order chi connectivity index (χ1) is 8.07. The standard InChI is InChI=1S/C12H15N3OS/c1-3-8-15(2)12(16)10(11(13)17)9-6-4-5-7-14-9/h3-7,10H,1,8H2,2H3,(H2,13,17). The Morgan fingerprint density at radius 2 is 2.41 bits per heavy atom. The summed E-state index contributed by atoms with van der Waals surface area (Å²) in [5, 5.41) is 0. The van der Waals surface area contributed by atoms with Crippen molar-refractivity contribution in [1.82, 2.24) is 9.88 Å². The molecule has 0 fully saturated rings. The number of hydrogen-bond acceptors (Lipinski definition) is 3. The number of thiocarbonyl (C=S) groups is 1. The molecule has 0 aliphatic heterocycles. The van der Waals surface area contributed by atoms with Gasteiger partial charge in [0, 0.05) is 19.8 Å². The summed E-state index contributed by atoms with van der Waals surface area (Å²) >= 11 is 4.94. The zero-order valence-electron chi connectivity index (χ0n) is 9.67. The molecule has 0 saturated heterocycles. The van der Waals surface area contributed by atoms with Crippen molar-refractivity contribution in [3.63, 3.8) is 0 Å². The number of amides is 1. The first-order valence-corrected chi connectivity index (χ1v) is 5.55. The zero-order chi connectivity index (χ0) is 12.8. The van der Waals surface area contributed by atoms with Gasteiger partial charge in [0.25, 0.3) is 0 Å². The average Bonchev–Trinajstić information content (AvgIpc) is 2.30. The number of nitrogens with zero attached hydrogens (tertiary/aromatic N) is 2. The van der Waals surface area contributed by atoms with Gasteiger partial charge in [-0.15, -0.1) is 6.58 Å². The number of nitrogens with two attached hydrogens (primary N) is 1. The normalized spacial score (nSPS) is 11.6. The molecule has 1 aromatic heterocycles. The highest BCUT2D eigenvalue weighted by molar-refractivity contribution is 7.80. The third-order valence-corrected chi connectivity index (χ3v) is 2.53. The van der Waals surface area contributed by atoms with Crippen molar-refractivity contribution < 1.29 is 4.79 Å². The van der Waals surface area contributed by atoms with Crippen LogP contribution in [0.3, 0.4) is 0 Å². The Hall–Kier alpha value is -1.75. The lowest BCUT2D eigenvalue weighted by molar-refractivity contribution is -0.129. The van der Waals surface area contributed by atoms with E-state index in [1.54, 1.807) is 37.5 Å². The predicted octanol–water partition coefficient (Wildman–Crippen LogP) is 1.10. The molecule has 1 aromatic rings. The zero-order valence-corrected chi connectivity index (χ0v) is 10.5. The Morgan fingerprint density at radius 3 is 2.88 bits per heavy atom. The topological polar surface area (TPSA) is 59.2 Å². The smallest absolute Gasteiger partial charge is 0.238 e. The number of aromatic nitrogens is 1. The predicted molar refractivity (Wildman–Crippen MR) is 71.6 cm³/mol. The molecule has 0 aliphatic rings. The molecule has 1 heterocycles. The SMILES string of the molecule is C=CCN(C)C(=O)C(C(N)=S)c1ccccn1. The maximum Gasteiger partial charge on any atom is 0.238 e. The van der Waals surface area contributed by atoms with Crippen LogP contribution in [-0.2, 0) is 4.79 Å². The molecule has 2 N–H and O–H groups in total. The number of carbonyl (C=O) groups is 1. The average molecular weight is 249 g/mol. The van der Waals surface area contributed by atoms with E-state index in [1.165, 1.54) is 4.90 Å². The molecule has 0 saturated carbocycles. The number of rotatable bonds is 5. The maximum atomic E-state index is 12.1. The monoisotopic (exact) mass is 249 g/mol. The summed E-state index contributed by atoms with van der Waals surface area (Å²) in [4.78, 5) is 17.9. The fraction of sp³-hybridized carbons (Fsp3) is 0.250. The summed E-state index contributed by atoms with van der Waals surface area (Å²) in [5.74, 6) is -0.841. The van der Waals surface area contributed by atoms with Crippen molar-refractivity contribution in [2.45, 2.75) is 5.92 Å². The quantitative estimate of drug-likeness (QED) is 0.627. The Balaban J connectivity index is 2.99. The lowest BCUT2D eigenvalue weighted by Gasteiger charge is -2.21. The Labute approximate surface area is 106 Å². The third-order valence-electron chi connectivity index (χ3n) is 2.29. The summed E-state index contributed by atoms with van der Waals surface area (Å²) in [6.45, 7) is 4.04. The van der Waals surface area contributed by atoms with Crippen molar-refractivity contribution in [3.05, 3.63) is 42.7 Å². The first kappa shape index (κ1) is 13.3. The first-order valence-electron chi connectivity index (χ1n) is 5.14. The van der Waals surface area contributed by atoms with E-state index in [1.807, 2.05) is 0 Å². The third kappa shape index (κ3) is 3.35. The van der Waals surface area contributed by atoms with Gasteiger partial charge in [-0.05, 0) is 12.1 Å². The van der Waals surface area contributed by atoms with Gasteiger partial charge < -0.3 is 10.6 Å². The second-order valence-corrected chi connectivity index (χ2v) is 4.07. The molecular formula is C12H15N3OS. The van der Waals surface area contributed by atoms with Gasteiger partial charge in [-0.25, -0.2) is 0 Å². The lowest BCUT2D eigenvalue weighted by Crippen LogP contribution is -2.38. The van der Waals surface area contributed by atoms with E-state index in [9.17, 15) is 4.79 Å². The highest BCUT2D eigenvalue weighted by atomic mass is 32.1. The second kappa shape index (κ2) is 6.10. The van der Waals surface area contributed by atoms with Gasteiger partial charge in [0.15, 0.2) is 0 Å². The molecule has 0 bridgehead atoms. The van der Waals surface area contributed by atoms with Gasteiger partial charge in [0.1, 0.15) is 5.92 Å². The summed E-state index contributed by atoms with van der Waals surface area (Å²) in [6.07, 6.45) is 3.26. The molecule has 0 spiro atoms. The second-order valence-electron chi connectivity index (χ2n) is 3.60. The summed E-state index contributed by atoms with van der Waals surface area (Å²) in [5.41, 5.74) is 6.19. The van der Waals surface area contributed by atoms with Crippen LogP contribution in [0.15, 0.2) is 37.1 Å². The molecular weight excluding hydrogens is 234 g/mol. The van der Waals surface area contributed by atoms with Gasteiger partial charge in [0.05, 0.1) is 10.7 Å². The van der Waals surface area contributed by atoms with E-state index in [-0.39, 0.29) is 10.9 Å². The van der Waals surface area contributed by atoms with Crippen molar-refractivity contribution in [2.24, 2.45) is 5.73 Å². The van der Waals surface area contributed by atoms with E-state index in [4.69, 9.17) is 18.0 Å². The molecule has 1 rings (SSSR count). The molecule has 1 amide bonds. The Kier molecular flexibility index (Phi) is 4.78. The van der Waals surface area contributed by atoms with Crippen LogP contribution in [0.4, 0.5) is 0 Å². The van der Waals surface area contributed by atoms with Crippen LogP contribution in [-0.4, -0.2) is 34.4 Å². The van der Waals surface area contributed by atoms with Gasteiger partial charge in [-0.2, -0.15) is 0 Å². The molecule has 17 heavy (non-hydrogen) atoms. The van der Waals surface area contributed by atoms with Crippen LogP contribution in [0.1, 0.15) is 11.6 Å². The van der Waals surface area contributed by atoms with Crippen molar-refractivity contribution in [2.75, 3.05) is 13.6 Å². The van der Waals surface area contributed by atoms with Gasteiger partial charge in [-0.3, -0.25) is 9.78 Å². The Morgan fingerprint density at radius 1 is 1.71 bits per heavy atom. The Bertz CT molecular complexity index is 419. The molecule has 0 radical (unpaired) electrons. The number of carbonyl (C=O) groups excluding carboxylic acids is 1. The van der Waals surface area contributed by atoms with Crippen LogP contribution >= 0.6 is 12.2 Å². The van der Waals surface area contributed by atoms with E-state index >= 15 is 0 Å². The van der Waals surface area contributed by atoms with Crippen molar-refractivity contribution in [1.29, 1.82) is 0 Å². The number of hydrogen-bond donors (Lipinski definition) is 1. The molecule has 90 valence electrons. The van der Waals surface area contributed by atoms with Crippen LogP contribution in [0, 0.1) is 0 Å².